The fourth-order valence-electron chi connectivity index (χ4n) is 1.95. The lowest BCUT2D eigenvalue weighted by Gasteiger charge is -2.32. The van der Waals surface area contributed by atoms with Crippen LogP contribution in [0.1, 0.15) is 17.3 Å². The molecule has 0 bridgehead atoms. The summed E-state index contributed by atoms with van der Waals surface area (Å²) in [6, 6.07) is 4.08. The summed E-state index contributed by atoms with van der Waals surface area (Å²) in [7, 11) is 1.37. The molecule has 1 N–H and O–H groups in total. The molecule has 0 saturated carbocycles. The number of rotatable bonds is 2. The maximum absolute atomic E-state index is 11.3. The van der Waals surface area contributed by atoms with Crippen LogP contribution in [0.5, 0.6) is 0 Å². The smallest absolute Gasteiger partial charge is 0.339 e. The molecule has 92 valence electrons. The van der Waals surface area contributed by atoms with E-state index >= 15 is 0 Å². The Balaban J connectivity index is 2.09. The number of anilines is 1. The van der Waals surface area contributed by atoms with E-state index in [1.807, 2.05) is 6.07 Å². The van der Waals surface area contributed by atoms with E-state index in [-0.39, 0.29) is 5.97 Å². The summed E-state index contributed by atoms with van der Waals surface area (Å²) in [5.41, 5.74) is 0.486. The number of piperazine rings is 1. The molecule has 1 atom stereocenters. The van der Waals surface area contributed by atoms with E-state index in [4.69, 9.17) is 0 Å². The highest BCUT2D eigenvalue weighted by atomic mass is 16.5. The Morgan fingerprint density at radius 2 is 2.41 bits per heavy atom. The zero-order valence-electron chi connectivity index (χ0n) is 10.1. The molecule has 0 spiro atoms. The van der Waals surface area contributed by atoms with Crippen molar-refractivity contribution in [1.29, 1.82) is 0 Å². The summed E-state index contributed by atoms with van der Waals surface area (Å²) < 4.78 is 4.64. The van der Waals surface area contributed by atoms with Gasteiger partial charge >= 0.3 is 5.97 Å². The topological polar surface area (TPSA) is 54.5 Å². The van der Waals surface area contributed by atoms with Crippen LogP contribution >= 0.6 is 0 Å². The number of ether oxygens (including phenoxy) is 1. The van der Waals surface area contributed by atoms with Gasteiger partial charge in [0.15, 0.2) is 0 Å². The lowest BCUT2D eigenvalue weighted by atomic mass is 10.2. The molecular weight excluding hydrogens is 218 g/mol. The Hall–Kier alpha value is -1.62. The number of nitrogens with zero attached hydrogens (tertiary/aromatic N) is 2. The molecule has 2 rings (SSSR count). The standard InChI is InChI=1S/C12H17N3O2/c1-9-8-15(6-5-13-9)11-4-3-10(7-14-11)12(16)17-2/h3-4,7,9,13H,5-6,8H2,1-2H3/t9-/m0/s1. The van der Waals surface area contributed by atoms with Crippen molar-refractivity contribution in [2.45, 2.75) is 13.0 Å². The van der Waals surface area contributed by atoms with Crippen LogP contribution in [0.25, 0.3) is 0 Å². The molecule has 5 nitrogen and oxygen atoms in total. The third-order valence-electron chi connectivity index (χ3n) is 2.86. The van der Waals surface area contributed by atoms with E-state index in [1.165, 1.54) is 7.11 Å². The fraction of sp³-hybridized carbons (Fsp3) is 0.500. The minimum atomic E-state index is -0.349. The number of hydrogen-bond acceptors (Lipinski definition) is 5. The zero-order valence-corrected chi connectivity index (χ0v) is 10.1. The number of carbonyl (C=O) groups is 1. The van der Waals surface area contributed by atoms with Gasteiger partial charge in [-0.1, -0.05) is 0 Å². The first-order chi connectivity index (χ1) is 8.20. The molecule has 1 saturated heterocycles. The third kappa shape index (κ3) is 2.74. The Morgan fingerprint density at radius 1 is 1.59 bits per heavy atom. The zero-order chi connectivity index (χ0) is 12.3. The van der Waals surface area contributed by atoms with Gasteiger partial charge in [-0.25, -0.2) is 9.78 Å². The van der Waals surface area contributed by atoms with Crippen molar-refractivity contribution in [3.63, 3.8) is 0 Å². The highest BCUT2D eigenvalue weighted by Gasteiger charge is 2.17. The molecule has 17 heavy (non-hydrogen) atoms. The predicted molar refractivity (Wildman–Crippen MR) is 65.3 cm³/mol. The second kappa shape index (κ2) is 5.14. The number of nitrogens with one attached hydrogen (secondary N) is 1. The van der Waals surface area contributed by atoms with Crippen molar-refractivity contribution in [3.8, 4) is 0 Å². The molecule has 1 aromatic rings. The maximum Gasteiger partial charge on any atom is 0.339 e. The van der Waals surface area contributed by atoms with Gasteiger partial charge in [-0.05, 0) is 19.1 Å². The number of carbonyl (C=O) groups excluding carboxylic acids is 1. The van der Waals surface area contributed by atoms with Crippen molar-refractivity contribution in [2.75, 3.05) is 31.6 Å². The normalized spacial score (nSPS) is 20.1. The summed E-state index contributed by atoms with van der Waals surface area (Å²) in [5, 5.41) is 3.38. The lowest BCUT2D eigenvalue weighted by Crippen LogP contribution is -2.49. The van der Waals surface area contributed by atoms with E-state index < -0.39 is 0 Å². The maximum atomic E-state index is 11.3. The van der Waals surface area contributed by atoms with Gasteiger partial charge in [-0.3, -0.25) is 0 Å². The van der Waals surface area contributed by atoms with Gasteiger partial charge in [0.2, 0.25) is 0 Å². The Bertz CT molecular complexity index is 391. The predicted octanol–water partition coefficient (Wildman–Crippen LogP) is 0.666. The number of methoxy groups -OCH3 is 1. The number of pyridine rings is 1. The summed E-state index contributed by atoms with van der Waals surface area (Å²) in [4.78, 5) is 17.8. The number of hydrogen-bond donors (Lipinski definition) is 1. The van der Waals surface area contributed by atoms with E-state index in [0.29, 0.717) is 11.6 Å². The van der Waals surface area contributed by atoms with E-state index in [9.17, 15) is 4.79 Å². The molecular formula is C12H17N3O2. The van der Waals surface area contributed by atoms with Gasteiger partial charge in [0.05, 0.1) is 12.7 Å². The molecule has 5 heteroatoms. The van der Waals surface area contributed by atoms with Gasteiger partial charge in [-0.15, -0.1) is 0 Å². The fourth-order valence-corrected chi connectivity index (χ4v) is 1.95. The molecule has 1 fully saturated rings. The first-order valence-electron chi connectivity index (χ1n) is 5.73. The van der Waals surface area contributed by atoms with Crippen LogP contribution in [0.2, 0.25) is 0 Å². The van der Waals surface area contributed by atoms with Crippen molar-refractivity contribution in [3.05, 3.63) is 23.9 Å². The highest BCUT2D eigenvalue weighted by molar-refractivity contribution is 5.89. The van der Waals surface area contributed by atoms with Crippen LogP contribution in [0.3, 0.4) is 0 Å². The van der Waals surface area contributed by atoms with E-state index in [0.717, 1.165) is 25.5 Å². The largest absolute Gasteiger partial charge is 0.465 e. The SMILES string of the molecule is COC(=O)c1ccc(N2CCN[C@@H](C)C2)nc1. The van der Waals surface area contributed by atoms with Crippen LogP contribution in [0, 0.1) is 0 Å². The number of aromatic nitrogens is 1. The molecule has 0 aliphatic carbocycles. The second-order valence-electron chi connectivity index (χ2n) is 4.20. The monoisotopic (exact) mass is 235 g/mol. The summed E-state index contributed by atoms with van der Waals surface area (Å²) >= 11 is 0. The molecule has 0 unspecified atom stereocenters. The van der Waals surface area contributed by atoms with Gasteiger partial charge in [0.25, 0.3) is 0 Å². The van der Waals surface area contributed by atoms with Crippen LogP contribution < -0.4 is 10.2 Å². The van der Waals surface area contributed by atoms with Crippen LogP contribution in [0.15, 0.2) is 18.3 Å². The minimum Gasteiger partial charge on any atom is -0.465 e. The molecule has 0 amide bonds. The van der Waals surface area contributed by atoms with Crippen molar-refractivity contribution in [1.82, 2.24) is 10.3 Å². The average Bonchev–Trinajstić information content (AvgIpc) is 2.38. The summed E-state index contributed by atoms with van der Waals surface area (Å²) in [5.74, 6) is 0.559. The van der Waals surface area contributed by atoms with Crippen LogP contribution in [0.4, 0.5) is 5.82 Å². The third-order valence-corrected chi connectivity index (χ3v) is 2.86. The van der Waals surface area contributed by atoms with Gasteiger partial charge in [0, 0.05) is 31.9 Å². The Kier molecular flexibility index (Phi) is 3.58. The van der Waals surface area contributed by atoms with Crippen molar-refractivity contribution < 1.29 is 9.53 Å². The summed E-state index contributed by atoms with van der Waals surface area (Å²) in [6.07, 6.45) is 1.56. The molecule has 1 aliphatic rings. The first-order valence-corrected chi connectivity index (χ1v) is 5.73. The molecule has 2 heterocycles. The average molecular weight is 235 g/mol. The molecule has 0 aromatic carbocycles. The van der Waals surface area contributed by atoms with Gasteiger partial charge in [0.1, 0.15) is 5.82 Å². The molecule has 1 aliphatic heterocycles. The Morgan fingerprint density at radius 3 is 3.00 bits per heavy atom. The first kappa shape index (κ1) is 11.9. The Labute approximate surface area is 101 Å². The van der Waals surface area contributed by atoms with E-state index in [2.05, 4.69) is 26.9 Å². The van der Waals surface area contributed by atoms with Crippen molar-refractivity contribution in [2.24, 2.45) is 0 Å². The molecule has 0 radical (unpaired) electrons. The minimum absolute atomic E-state index is 0.349. The quantitative estimate of drug-likeness (QED) is 0.763. The highest BCUT2D eigenvalue weighted by Crippen LogP contribution is 2.13. The number of esters is 1. The van der Waals surface area contributed by atoms with Crippen molar-refractivity contribution >= 4 is 11.8 Å². The molecule has 1 aromatic heterocycles. The van der Waals surface area contributed by atoms with Gasteiger partial charge in [-0.2, -0.15) is 0 Å². The lowest BCUT2D eigenvalue weighted by molar-refractivity contribution is 0.0600. The van der Waals surface area contributed by atoms with Crippen LogP contribution in [-0.4, -0.2) is 43.7 Å². The van der Waals surface area contributed by atoms with Crippen LogP contribution in [-0.2, 0) is 4.74 Å². The summed E-state index contributed by atoms with van der Waals surface area (Å²) in [6.45, 7) is 4.98. The van der Waals surface area contributed by atoms with Gasteiger partial charge < -0.3 is 15.0 Å². The van der Waals surface area contributed by atoms with E-state index in [1.54, 1.807) is 12.3 Å². The second-order valence-corrected chi connectivity index (χ2v) is 4.20.